The number of amides is 2. The number of piperidine rings is 2. The normalized spacial score (nSPS) is 22.5. The Bertz CT molecular complexity index is 2160. The third-order valence-electron chi connectivity index (χ3n) is 11.9. The van der Waals surface area contributed by atoms with Gasteiger partial charge in [-0.3, -0.25) is 9.97 Å². The van der Waals surface area contributed by atoms with Crippen LogP contribution in [0.5, 0.6) is 29.1 Å². The number of aliphatic hydroxyl groups is 1. The molecule has 6 unspecified atom stereocenters. The molecule has 2 saturated carbocycles. The molecule has 340 valence electrons. The van der Waals surface area contributed by atoms with Crippen LogP contribution in [0.1, 0.15) is 102 Å². The molecule has 2 saturated heterocycles. The van der Waals surface area contributed by atoms with Gasteiger partial charge in [0, 0.05) is 61.4 Å². The largest absolute Gasteiger partial charge is 0.474 e. The Morgan fingerprint density at radius 2 is 1.14 bits per heavy atom. The molecule has 0 aromatic carbocycles. The number of aromatic nitrogens is 6. The van der Waals surface area contributed by atoms with Crippen LogP contribution in [0.25, 0.3) is 0 Å². The first-order valence-corrected chi connectivity index (χ1v) is 22.4. The van der Waals surface area contributed by atoms with E-state index in [2.05, 4.69) is 29.9 Å². The van der Waals surface area contributed by atoms with Crippen molar-refractivity contribution in [2.45, 2.75) is 143 Å². The second-order valence-corrected chi connectivity index (χ2v) is 17.3. The summed E-state index contributed by atoms with van der Waals surface area (Å²) in [6.07, 6.45) is 13.1. The lowest BCUT2D eigenvalue weighted by Crippen LogP contribution is -2.53. The average molecular weight is 889 g/mol. The number of carbonyl (C=O) groups is 2. The van der Waals surface area contributed by atoms with E-state index in [9.17, 15) is 14.7 Å². The van der Waals surface area contributed by atoms with Crippen molar-refractivity contribution < 1.29 is 38.4 Å². The molecule has 0 radical (unpaired) electrons. The molecule has 2 aliphatic carbocycles. The molecule has 4 aromatic rings. The smallest absolute Gasteiger partial charge is 0.410 e. The Kier molecular flexibility index (Phi) is 16.3. The van der Waals surface area contributed by atoms with Gasteiger partial charge in [-0.25, -0.2) is 29.5 Å². The molecule has 0 spiro atoms. The number of hydrogen-bond donors (Lipinski definition) is 1. The Morgan fingerprint density at radius 1 is 0.651 bits per heavy atom. The summed E-state index contributed by atoms with van der Waals surface area (Å²) in [7, 11) is 0. The summed E-state index contributed by atoms with van der Waals surface area (Å²) in [4.78, 5) is 53.1. The number of rotatable bonds is 8. The molecular weight excluding hydrogens is 828 g/mol. The van der Waals surface area contributed by atoms with E-state index in [-0.39, 0.29) is 60.5 Å². The summed E-state index contributed by atoms with van der Waals surface area (Å²) in [5.41, 5.74) is 3.06. The van der Waals surface area contributed by atoms with E-state index in [0.717, 1.165) is 61.9 Å². The molecule has 6 heterocycles. The van der Waals surface area contributed by atoms with Crippen LogP contribution >= 0.6 is 11.6 Å². The number of likely N-dealkylation sites (tertiary alicyclic amines) is 2. The Hall–Kier alpha value is -5.35. The number of fused-ring (bicyclic) bond motifs is 2. The summed E-state index contributed by atoms with van der Waals surface area (Å²) in [5, 5.41) is 10.3. The SMILES string of the molecule is CC(C)OC(=O)N1CCC(O)C2CCCC21.Cc1ncccc1Oc1ncnc(Cl)c1C.Cc1ncccc1Oc1ncnc(OC2CCN(C(=O)OC(C)C)C3CCCC23)c1C. The maximum atomic E-state index is 12.5. The van der Waals surface area contributed by atoms with Crippen molar-refractivity contribution in [2.24, 2.45) is 11.8 Å². The molecule has 4 aromatic heterocycles. The van der Waals surface area contributed by atoms with Gasteiger partial charge >= 0.3 is 12.2 Å². The molecule has 17 heteroatoms. The zero-order chi connectivity index (χ0) is 45.2. The van der Waals surface area contributed by atoms with E-state index >= 15 is 0 Å². The Labute approximate surface area is 375 Å². The summed E-state index contributed by atoms with van der Waals surface area (Å²) >= 11 is 5.87. The molecular formula is C46H61ClN8O8. The predicted octanol–water partition coefficient (Wildman–Crippen LogP) is 9.15. The fourth-order valence-corrected chi connectivity index (χ4v) is 8.82. The van der Waals surface area contributed by atoms with Crippen LogP contribution < -0.4 is 14.2 Å². The molecule has 2 amide bonds. The second kappa shape index (κ2) is 21.8. The lowest BCUT2D eigenvalue weighted by atomic mass is 9.89. The van der Waals surface area contributed by atoms with Crippen LogP contribution in [0, 0.1) is 39.5 Å². The highest BCUT2D eigenvalue weighted by atomic mass is 35.5. The lowest BCUT2D eigenvalue weighted by Gasteiger charge is -2.41. The van der Waals surface area contributed by atoms with Gasteiger partial charge in [0.1, 0.15) is 23.9 Å². The zero-order valence-electron chi connectivity index (χ0n) is 37.6. The van der Waals surface area contributed by atoms with Gasteiger partial charge in [-0.1, -0.05) is 24.4 Å². The monoisotopic (exact) mass is 888 g/mol. The van der Waals surface area contributed by atoms with Crippen molar-refractivity contribution in [1.29, 1.82) is 0 Å². The predicted molar refractivity (Wildman–Crippen MR) is 235 cm³/mol. The van der Waals surface area contributed by atoms with Gasteiger partial charge in [-0.05, 0) is 112 Å². The molecule has 8 rings (SSSR count). The topological polar surface area (TPSA) is 184 Å². The third kappa shape index (κ3) is 12.0. The van der Waals surface area contributed by atoms with Crippen LogP contribution in [0.15, 0.2) is 49.3 Å². The fraction of sp³-hybridized carbons (Fsp3) is 0.565. The average Bonchev–Trinajstić information content (AvgIpc) is 3.95. The molecule has 0 bridgehead atoms. The number of carbonyl (C=O) groups excluding carboxylic acids is 2. The highest BCUT2D eigenvalue weighted by Gasteiger charge is 2.45. The number of pyridine rings is 2. The molecule has 16 nitrogen and oxygen atoms in total. The number of hydrogen-bond acceptors (Lipinski definition) is 14. The van der Waals surface area contributed by atoms with Crippen molar-refractivity contribution in [3.8, 4) is 29.1 Å². The van der Waals surface area contributed by atoms with Gasteiger partial charge in [-0.15, -0.1) is 0 Å². The highest BCUT2D eigenvalue weighted by Crippen LogP contribution is 2.41. The van der Waals surface area contributed by atoms with E-state index < -0.39 is 0 Å². The first kappa shape index (κ1) is 47.1. The minimum atomic E-state index is -0.226. The number of ether oxygens (including phenoxy) is 5. The van der Waals surface area contributed by atoms with Gasteiger partial charge in [0.2, 0.25) is 17.6 Å². The van der Waals surface area contributed by atoms with Crippen molar-refractivity contribution in [2.75, 3.05) is 13.1 Å². The number of aryl methyl sites for hydroxylation is 2. The van der Waals surface area contributed by atoms with Crippen LogP contribution in [-0.2, 0) is 9.47 Å². The van der Waals surface area contributed by atoms with Crippen LogP contribution in [0.4, 0.5) is 9.59 Å². The lowest BCUT2D eigenvalue weighted by molar-refractivity contribution is -0.00969. The Balaban J connectivity index is 0.000000173. The molecule has 4 fully saturated rings. The first-order valence-electron chi connectivity index (χ1n) is 22.0. The van der Waals surface area contributed by atoms with Crippen LogP contribution in [0.2, 0.25) is 5.15 Å². The molecule has 4 aliphatic rings. The summed E-state index contributed by atoms with van der Waals surface area (Å²) in [6.45, 7) is 16.2. The summed E-state index contributed by atoms with van der Waals surface area (Å²) in [6, 6.07) is 7.68. The van der Waals surface area contributed by atoms with E-state index in [0.29, 0.717) is 59.4 Å². The zero-order valence-corrected chi connectivity index (χ0v) is 38.3. The van der Waals surface area contributed by atoms with Gasteiger partial charge in [0.05, 0.1) is 35.3 Å². The fourth-order valence-electron chi connectivity index (χ4n) is 8.69. The van der Waals surface area contributed by atoms with Crippen molar-refractivity contribution in [1.82, 2.24) is 39.7 Å². The van der Waals surface area contributed by atoms with Gasteiger partial charge < -0.3 is 38.6 Å². The van der Waals surface area contributed by atoms with Crippen molar-refractivity contribution in [3.05, 3.63) is 77.0 Å². The number of nitrogens with zero attached hydrogens (tertiary/aromatic N) is 8. The number of aliphatic hydroxyl groups excluding tert-OH is 1. The van der Waals surface area contributed by atoms with Crippen LogP contribution in [0.3, 0.4) is 0 Å². The van der Waals surface area contributed by atoms with Crippen molar-refractivity contribution in [3.63, 3.8) is 0 Å². The second-order valence-electron chi connectivity index (χ2n) is 17.0. The van der Waals surface area contributed by atoms with Crippen molar-refractivity contribution >= 4 is 23.8 Å². The van der Waals surface area contributed by atoms with E-state index in [4.69, 9.17) is 35.3 Å². The summed E-state index contributed by atoms with van der Waals surface area (Å²) in [5.74, 6) is 3.31. The van der Waals surface area contributed by atoms with Crippen LogP contribution in [-0.4, -0.2) is 107 Å². The first-order chi connectivity index (χ1) is 30.2. The third-order valence-corrected chi connectivity index (χ3v) is 12.2. The summed E-state index contributed by atoms with van der Waals surface area (Å²) < 4.78 is 28.7. The number of halogens is 1. The molecule has 63 heavy (non-hydrogen) atoms. The minimum absolute atomic E-state index is 0.00261. The van der Waals surface area contributed by atoms with E-state index in [1.807, 2.05) is 83.4 Å². The standard InChI is InChI=1S/C23H30N4O4.C12H21NO3.C11H10ClN3O/c1-14(2)29-23(28)27-12-10-20(17-7-5-8-18(17)27)31-22-15(3)21(25-13-26-22)30-19-9-6-11-24-16(19)4;1-8(2)16-12(15)13-7-6-11(14)9-4-3-5-10(9)13;1-7-10(12)14-6-15-11(7)16-9-4-3-5-13-8(9)2/h6,9,11,13-14,17-18,20H,5,7-8,10,12H2,1-4H3;8-11,14H,3-7H2,1-2H3;3-6H,1-2H3. The minimum Gasteiger partial charge on any atom is -0.474 e. The Morgan fingerprint density at radius 3 is 1.70 bits per heavy atom. The van der Waals surface area contributed by atoms with E-state index in [1.54, 1.807) is 18.5 Å². The quantitative estimate of drug-likeness (QED) is 0.165. The van der Waals surface area contributed by atoms with Gasteiger partial charge in [0.15, 0.2) is 11.5 Å². The highest BCUT2D eigenvalue weighted by molar-refractivity contribution is 6.30. The maximum absolute atomic E-state index is 12.5. The van der Waals surface area contributed by atoms with Gasteiger partial charge in [0.25, 0.3) is 0 Å². The van der Waals surface area contributed by atoms with Gasteiger partial charge in [-0.2, -0.15) is 0 Å². The molecule has 6 atom stereocenters. The molecule has 1 N–H and O–H groups in total. The van der Waals surface area contributed by atoms with E-state index in [1.165, 1.54) is 12.7 Å². The maximum Gasteiger partial charge on any atom is 0.410 e. The molecule has 2 aliphatic heterocycles.